The van der Waals surface area contributed by atoms with E-state index in [0.717, 1.165) is 5.56 Å². The zero-order chi connectivity index (χ0) is 11.2. The molecule has 0 unspecified atom stereocenters. The van der Waals surface area contributed by atoms with Gasteiger partial charge in [0.05, 0.1) is 0 Å². The van der Waals surface area contributed by atoms with Crippen LogP contribution in [0.3, 0.4) is 0 Å². The van der Waals surface area contributed by atoms with Gasteiger partial charge >= 0.3 is 0 Å². The van der Waals surface area contributed by atoms with E-state index in [9.17, 15) is 8.78 Å². The van der Waals surface area contributed by atoms with Crippen LogP contribution in [0.2, 0.25) is 0 Å². The maximum Gasteiger partial charge on any atom is 0.186 e. The summed E-state index contributed by atoms with van der Waals surface area (Å²) in [7, 11) is 1.70. The molecule has 2 nitrogen and oxygen atoms in total. The molecule has 0 N–H and O–H groups in total. The fourth-order valence-corrected chi connectivity index (χ4v) is 1.73. The number of halogens is 2. The average Bonchev–Trinajstić information content (AvgIpc) is 2.53. The SMILES string of the molecule is CC(C)c1cc(F)c(F)c2nn(C)cc12. The molecule has 1 aromatic heterocycles. The number of aromatic nitrogens is 2. The van der Waals surface area contributed by atoms with Crippen molar-refractivity contribution in [2.24, 2.45) is 7.05 Å². The van der Waals surface area contributed by atoms with Gasteiger partial charge in [-0.15, -0.1) is 0 Å². The topological polar surface area (TPSA) is 17.8 Å². The van der Waals surface area contributed by atoms with E-state index in [4.69, 9.17) is 0 Å². The predicted molar refractivity (Wildman–Crippen MR) is 54.7 cm³/mol. The number of benzene rings is 1. The second kappa shape index (κ2) is 3.29. The Morgan fingerprint density at radius 3 is 2.60 bits per heavy atom. The van der Waals surface area contributed by atoms with Crippen LogP contribution in [0, 0.1) is 11.6 Å². The Bertz CT molecular complexity index is 515. The van der Waals surface area contributed by atoms with E-state index in [1.54, 1.807) is 13.2 Å². The van der Waals surface area contributed by atoms with Crippen LogP contribution in [0.5, 0.6) is 0 Å². The molecule has 0 aliphatic rings. The second-order valence-electron chi connectivity index (χ2n) is 3.98. The Balaban J connectivity index is 2.87. The highest BCUT2D eigenvalue weighted by molar-refractivity contribution is 5.83. The summed E-state index contributed by atoms with van der Waals surface area (Å²) >= 11 is 0. The molecule has 1 heterocycles. The Labute approximate surface area is 86.5 Å². The van der Waals surface area contributed by atoms with Crippen LogP contribution in [0.4, 0.5) is 8.78 Å². The molecule has 2 aromatic rings. The largest absolute Gasteiger partial charge is 0.274 e. The first-order valence-corrected chi connectivity index (χ1v) is 4.82. The van der Waals surface area contributed by atoms with E-state index in [1.165, 1.54) is 10.7 Å². The third-order valence-corrected chi connectivity index (χ3v) is 2.46. The van der Waals surface area contributed by atoms with Crippen molar-refractivity contribution in [3.8, 4) is 0 Å². The summed E-state index contributed by atoms with van der Waals surface area (Å²) in [5, 5.41) is 4.60. The number of hydrogen-bond donors (Lipinski definition) is 0. The van der Waals surface area contributed by atoms with Crippen molar-refractivity contribution >= 4 is 10.9 Å². The minimum absolute atomic E-state index is 0.112. The van der Waals surface area contributed by atoms with Gasteiger partial charge in [0, 0.05) is 18.6 Å². The standard InChI is InChI=1S/C11H12F2N2/c1-6(2)7-4-9(12)10(13)11-8(7)5-15(3)14-11/h4-6H,1-3H3. The zero-order valence-electron chi connectivity index (χ0n) is 8.88. The van der Waals surface area contributed by atoms with Crippen LogP contribution in [0.1, 0.15) is 25.3 Å². The van der Waals surface area contributed by atoms with Gasteiger partial charge < -0.3 is 0 Å². The Morgan fingerprint density at radius 2 is 2.00 bits per heavy atom. The molecule has 0 atom stereocenters. The molecule has 0 bridgehead atoms. The summed E-state index contributed by atoms with van der Waals surface area (Å²) in [6.45, 7) is 3.89. The number of nitrogens with zero attached hydrogens (tertiary/aromatic N) is 2. The Kier molecular flexibility index (Phi) is 2.21. The molecule has 0 spiro atoms. The fraction of sp³-hybridized carbons (Fsp3) is 0.364. The minimum Gasteiger partial charge on any atom is -0.274 e. The summed E-state index contributed by atoms with van der Waals surface area (Å²) in [4.78, 5) is 0. The molecule has 0 saturated carbocycles. The molecule has 0 fully saturated rings. The molecule has 0 amide bonds. The lowest BCUT2D eigenvalue weighted by Crippen LogP contribution is -1.94. The normalized spacial score (nSPS) is 11.6. The molecular weight excluding hydrogens is 198 g/mol. The number of rotatable bonds is 1. The Hall–Kier alpha value is -1.45. The van der Waals surface area contributed by atoms with Crippen molar-refractivity contribution < 1.29 is 8.78 Å². The first-order valence-electron chi connectivity index (χ1n) is 4.82. The summed E-state index contributed by atoms with van der Waals surface area (Å²) in [6.07, 6.45) is 1.72. The van der Waals surface area contributed by atoms with Gasteiger partial charge in [-0.3, -0.25) is 4.68 Å². The van der Waals surface area contributed by atoms with Crippen molar-refractivity contribution in [2.45, 2.75) is 19.8 Å². The van der Waals surface area contributed by atoms with Crippen LogP contribution in [0.25, 0.3) is 10.9 Å². The van der Waals surface area contributed by atoms with Crippen molar-refractivity contribution in [3.05, 3.63) is 29.5 Å². The van der Waals surface area contributed by atoms with Gasteiger partial charge in [-0.05, 0) is 17.5 Å². The van der Waals surface area contributed by atoms with Gasteiger partial charge in [0.25, 0.3) is 0 Å². The lowest BCUT2D eigenvalue weighted by molar-refractivity contribution is 0.512. The van der Waals surface area contributed by atoms with Crippen molar-refractivity contribution in [2.75, 3.05) is 0 Å². The molecule has 0 aliphatic heterocycles. The van der Waals surface area contributed by atoms with Crippen molar-refractivity contribution in [3.63, 3.8) is 0 Å². The lowest BCUT2D eigenvalue weighted by Gasteiger charge is -2.07. The van der Waals surface area contributed by atoms with E-state index in [2.05, 4.69) is 5.10 Å². The van der Waals surface area contributed by atoms with Crippen LogP contribution in [0.15, 0.2) is 12.3 Å². The number of aryl methyl sites for hydroxylation is 1. The van der Waals surface area contributed by atoms with Gasteiger partial charge in [-0.25, -0.2) is 8.78 Å². The first kappa shape index (κ1) is 10.1. The van der Waals surface area contributed by atoms with Gasteiger partial charge in [-0.1, -0.05) is 13.8 Å². The summed E-state index contributed by atoms with van der Waals surface area (Å²) in [6, 6.07) is 1.25. The van der Waals surface area contributed by atoms with E-state index < -0.39 is 11.6 Å². The molecule has 0 radical (unpaired) electrons. The lowest BCUT2D eigenvalue weighted by atomic mass is 9.99. The molecule has 2 rings (SSSR count). The van der Waals surface area contributed by atoms with Crippen LogP contribution in [-0.4, -0.2) is 9.78 Å². The second-order valence-corrected chi connectivity index (χ2v) is 3.98. The molecule has 0 saturated heterocycles. The van der Waals surface area contributed by atoms with E-state index in [0.29, 0.717) is 5.39 Å². The summed E-state index contributed by atoms with van der Waals surface area (Å²) < 4.78 is 28.2. The highest BCUT2D eigenvalue weighted by atomic mass is 19.2. The summed E-state index contributed by atoms with van der Waals surface area (Å²) in [5.41, 5.74) is 0.901. The number of hydrogen-bond acceptors (Lipinski definition) is 1. The predicted octanol–water partition coefficient (Wildman–Crippen LogP) is 2.97. The molecule has 4 heteroatoms. The van der Waals surface area contributed by atoms with Crippen LogP contribution in [-0.2, 0) is 7.05 Å². The van der Waals surface area contributed by atoms with Crippen molar-refractivity contribution in [1.82, 2.24) is 9.78 Å². The quantitative estimate of drug-likeness (QED) is 0.707. The molecular formula is C11H12F2N2. The molecule has 0 aliphatic carbocycles. The molecule has 80 valence electrons. The molecule has 1 aromatic carbocycles. The monoisotopic (exact) mass is 210 g/mol. The Morgan fingerprint density at radius 1 is 1.33 bits per heavy atom. The summed E-state index contributed by atoms with van der Waals surface area (Å²) in [5.74, 6) is -1.55. The minimum atomic E-state index is -0.866. The van der Waals surface area contributed by atoms with Gasteiger partial charge in [0.1, 0.15) is 5.52 Å². The first-order chi connectivity index (χ1) is 7.00. The van der Waals surface area contributed by atoms with E-state index in [-0.39, 0.29) is 11.4 Å². The molecule has 15 heavy (non-hydrogen) atoms. The smallest absolute Gasteiger partial charge is 0.186 e. The van der Waals surface area contributed by atoms with Gasteiger partial charge in [0.2, 0.25) is 0 Å². The third kappa shape index (κ3) is 1.50. The average molecular weight is 210 g/mol. The third-order valence-electron chi connectivity index (χ3n) is 2.46. The fourth-order valence-electron chi connectivity index (χ4n) is 1.73. The van der Waals surface area contributed by atoms with Gasteiger partial charge in [-0.2, -0.15) is 5.10 Å². The highest BCUT2D eigenvalue weighted by Gasteiger charge is 2.16. The van der Waals surface area contributed by atoms with Crippen LogP contribution >= 0.6 is 0 Å². The van der Waals surface area contributed by atoms with Crippen molar-refractivity contribution in [1.29, 1.82) is 0 Å². The zero-order valence-corrected chi connectivity index (χ0v) is 8.88. The van der Waals surface area contributed by atoms with Gasteiger partial charge in [0.15, 0.2) is 11.6 Å². The maximum absolute atomic E-state index is 13.4. The highest BCUT2D eigenvalue weighted by Crippen LogP contribution is 2.28. The maximum atomic E-state index is 13.4. The van der Waals surface area contributed by atoms with E-state index >= 15 is 0 Å². The van der Waals surface area contributed by atoms with Crippen LogP contribution < -0.4 is 0 Å². The van der Waals surface area contributed by atoms with E-state index in [1.807, 2.05) is 13.8 Å². The number of fused-ring (bicyclic) bond motifs is 1.